The Morgan fingerprint density at radius 3 is 1.69 bits per heavy atom. The van der Waals surface area contributed by atoms with Gasteiger partial charge in [-0.15, -0.1) is 0 Å². The van der Waals surface area contributed by atoms with E-state index in [9.17, 15) is 9.59 Å². The molecule has 4 nitrogen and oxygen atoms in total. The monoisotopic (exact) mass is 454 g/mol. The minimum atomic E-state index is -0.0454. The van der Waals surface area contributed by atoms with Crippen LogP contribution in [0.25, 0.3) is 0 Å². The van der Waals surface area contributed by atoms with Gasteiger partial charge >= 0.3 is 11.9 Å². The Labute approximate surface area is 199 Å². The highest BCUT2D eigenvalue weighted by Crippen LogP contribution is 2.19. The van der Waals surface area contributed by atoms with E-state index in [0.717, 1.165) is 76.5 Å². The second-order valence-electron chi connectivity index (χ2n) is 9.39. The van der Waals surface area contributed by atoms with E-state index in [2.05, 4.69) is 27.7 Å². The van der Waals surface area contributed by atoms with E-state index in [1.54, 1.807) is 0 Å². The SMILES string of the molecule is CCCCCCCCOC(=O)CCCCCCCCC(=O)OC(CC)CCC(CC)CC. The van der Waals surface area contributed by atoms with Crippen molar-refractivity contribution in [1.82, 2.24) is 0 Å². The molecule has 0 saturated heterocycles. The molecule has 0 aliphatic rings. The number of hydrogen-bond donors (Lipinski definition) is 0. The van der Waals surface area contributed by atoms with Crippen molar-refractivity contribution in [3.8, 4) is 0 Å². The molecule has 32 heavy (non-hydrogen) atoms. The summed E-state index contributed by atoms with van der Waals surface area (Å²) in [6, 6.07) is 0. The third-order valence-electron chi connectivity index (χ3n) is 6.58. The molecule has 0 spiro atoms. The number of ether oxygens (including phenoxy) is 2. The third-order valence-corrected chi connectivity index (χ3v) is 6.58. The Bertz CT molecular complexity index is 431. The number of carbonyl (C=O) groups excluding carboxylic acids is 2. The number of esters is 2. The van der Waals surface area contributed by atoms with Crippen molar-refractivity contribution in [2.75, 3.05) is 6.61 Å². The number of carbonyl (C=O) groups is 2. The lowest BCUT2D eigenvalue weighted by Gasteiger charge is -2.19. The van der Waals surface area contributed by atoms with Gasteiger partial charge in [-0.1, -0.05) is 98.3 Å². The molecule has 0 aromatic rings. The summed E-state index contributed by atoms with van der Waals surface area (Å²) < 4.78 is 11.0. The molecule has 4 heteroatoms. The average molecular weight is 455 g/mol. The van der Waals surface area contributed by atoms with E-state index >= 15 is 0 Å². The fourth-order valence-electron chi connectivity index (χ4n) is 4.10. The molecule has 190 valence electrons. The fraction of sp³-hybridized carbons (Fsp3) is 0.929. The lowest BCUT2D eigenvalue weighted by Crippen LogP contribution is -2.18. The lowest BCUT2D eigenvalue weighted by molar-refractivity contribution is -0.150. The van der Waals surface area contributed by atoms with Crippen LogP contribution in [0.5, 0.6) is 0 Å². The molecule has 0 radical (unpaired) electrons. The van der Waals surface area contributed by atoms with Crippen molar-refractivity contribution in [2.24, 2.45) is 5.92 Å². The van der Waals surface area contributed by atoms with E-state index in [1.807, 2.05) is 0 Å². The van der Waals surface area contributed by atoms with Crippen molar-refractivity contribution in [3.63, 3.8) is 0 Å². The molecule has 0 saturated carbocycles. The summed E-state index contributed by atoms with van der Waals surface area (Å²) in [5.41, 5.74) is 0. The molecule has 0 aliphatic carbocycles. The van der Waals surface area contributed by atoms with Crippen LogP contribution in [0.2, 0.25) is 0 Å². The van der Waals surface area contributed by atoms with Crippen molar-refractivity contribution < 1.29 is 19.1 Å². The molecule has 0 amide bonds. The van der Waals surface area contributed by atoms with Crippen LogP contribution in [0.15, 0.2) is 0 Å². The summed E-state index contributed by atoms with van der Waals surface area (Å²) in [4.78, 5) is 23.9. The van der Waals surface area contributed by atoms with Gasteiger partial charge in [-0.05, 0) is 44.4 Å². The van der Waals surface area contributed by atoms with E-state index < -0.39 is 0 Å². The average Bonchev–Trinajstić information content (AvgIpc) is 2.79. The highest BCUT2D eigenvalue weighted by Gasteiger charge is 2.14. The smallest absolute Gasteiger partial charge is 0.306 e. The summed E-state index contributed by atoms with van der Waals surface area (Å²) in [6.07, 6.45) is 20.1. The molecule has 0 bridgehead atoms. The van der Waals surface area contributed by atoms with E-state index in [1.165, 1.54) is 38.5 Å². The predicted molar refractivity (Wildman–Crippen MR) is 135 cm³/mol. The summed E-state index contributed by atoms with van der Waals surface area (Å²) in [7, 11) is 0. The molecular weight excluding hydrogens is 400 g/mol. The van der Waals surface area contributed by atoms with Gasteiger partial charge in [-0.2, -0.15) is 0 Å². The Morgan fingerprint density at radius 2 is 1.12 bits per heavy atom. The minimum absolute atomic E-state index is 0.0329. The number of rotatable bonds is 23. The standard InChI is InChI=1S/C28H54O4/c1-5-9-10-11-16-19-24-31-27(29)20-17-14-12-13-15-18-21-28(30)32-26(8-4)23-22-25(6-2)7-3/h25-26H,5-24H2,1-4H3. The van der Waals surface area contributed by atoms with Crippen molar-refractivity contribution in [1.29, 1.82) is 0 Å². The summed E-state index contributed by atoms with van der Waals surface area (Å²) in [5.74, 6) is 0.676. The first-order valence-corrected chi connectivity index (χ1v) is 13.9. The Balaban J connectivity index is 3.54. The molecule has 0 N–H and O–H groups in total. The van der Waals surface area contributed by atoms with Gasteiger partial charge in [0.2, 0.25) is 0 Å². The first kappa shape index (κ1) is 30.9. The van der Waals surface area contributed by atoms with Gasteiger partial charge in [-0.3, -0.25) is 9.59 Å². The maximum Gasteiger partial charge on any atom is 0.306 e. The van der Waals surface area contributed by atoms with Gasteiger partial charge in [0.1, 0.15) is 6.10 Å². The maximum atomic E-state index is 12.1. The Hall–Kier alpha value is -1.06. The van der Waals surface area contributed by atoms with Gasteiger partial charge in [-0.25, -0.2) is 0 Å². The molecule has 0 fully saturated rings. The van der Waals surface area contributed by atoms with E-state index in [0.29, 0.717) is 19.4 Å². The molecule has 0 aliphatic heterocycles. The van der Waals surface area contributed by atoms with Crippen LogP contribution in [0.3, 0.4) is 0 Å². The van der Waals surface area contributed by atoms with Gasteiger partial charge in [0, 0.05) is 12.8 Å². The van der Waals surface area contributed by atoms with Gasteiger partial charge in [0.05, 0.1) is 6.61 Å². The largest absolute Gasteiger partial charge is 0.466 e. The summed E-state index contributed by atoms with van der Waals surface area (Å²) >= 11 is 0. The predicted octanol–water partition coefficient (Wildman–Crippen LogP) is 8.55. The third kappa shape index (κ3) is 19.6. The van der Waals surface area contributed by atoms with Crippen LogP contribution < -0.4 is 0 Å². The molecule has 0 aromatic heterocycles. The fourth-order valence-corrected chi connectivity index (χ4v) is 4.10. The Morgan fingerprint density at radius 1 is 0.594 bits per heavy atom. The highest BCUT2D eigenvalue weighted by molar-refractivity contribution is 5.69. The van der Waals surface area contributed by atoms with Crippen molar-refractivity contribution >= 4 is 11.9 Å². The molecule has 1 unspecified atom stereocenters. The van der Waals surface area contributed by atoms with Crippen molar-refractivity contribution in [3.05, 3.63) is 0 Å². The lowest BCUT2D eigenvalue weighted by atomic mass is 9.95. The van der Waals surface area contributed by atoms with E-state index in [-0.39, 0.29) is 18.0 Å². The van der Waals surface area contributed by atoms with Crippen LogP contribution in [0, 0.1) is 5.92 Å². The second kappa shape index (κ2) is 23.1. The van der Waals surface area contributed by atoms with Gasteiger partial charge < -0.3 is 9.47 Å². The molecule has 1 atom stereocenters. The minimum Gasteiger partial charge on any atom is -0.466 e. The first-order chi connectivity index (χ1) is 15.6. The number of unbranched alkanes of at least 4 members (excludes halogenated alkanes) is 10. The molecule has 0 aromatic carbocycles. The van der Waals surface area contributed by atoms with Crippen molar-refractivity contribution in [2.45, 2.75) is 156 Å². The number of hydrogen-bond acceptors (Lipinski definition) is 4. The normalized spacial score (nSPS) is 12.2. The zero-order valence-electron chi connectivity index (χ0n) is 21.9. The quantitative estimate of drug-likeness (QED) is 0.115. The second-order valence-corrected chi connectivity index (χ2v) is 9.39. The van der Waals surface area contributed by atoms with Crippen LogP contribution >= 0.6 is 0 Å². The maximum absolute atomic E-state index is 12.1. The van der Waals surface area contributed by atoms with Crippen LogP contribution in [0.4, 0.5) is 0 Å². The molecule has 0 rings (SSSR count). The first-order valence-electron chi connectivity index (χ1n) is 13.9. The zero-order valence-corrected chi connectivity index (χ0v) is 21.9. The van der Waals surface area contributed by atoms with Crippen LogP contribution in [-0.2, 0) is 19.1 Å². The highest BCUT2D eigenvalue weighted by atomic mass is 16.5. The Kier molecular flexibility index (Phi) is 22.3. The van der Waals surface area contributed by atoms with Gasteiger partial charge in [0.25, 0.3) is 0 Å². The van der Waals surface area contributed by atoms with Crippen LogP contribution in [0.1, 0.15) is 150 Å². The molecule has 0 heterocycles. The van der Waals surface area contributed by atoms with Gasteiger partial charge in [0.15, 0.2) is 0 Å². The molecular formula is C28H54O4. The van der Waals surface area contributed by atoms with Crippen LogP contribution in [-0.4, -0.2) is 24.6 Å². The van der Waals surface area contributed by atoms with E-state index in [4.69, 9.17) is 9.47 Å². The zero-order chi connectivity index (χ0) is 23.9. The topological polar surface area (TPSA) is 52.6 Å². The summed E-state index contributed by atoms with van der Waals surface area (Å²) in [5, 5.41) is 0. The summed E-state index contributed by atoms with van der Waals surface area (Å²) in [6.45, 7) is 9.39.